The number of aliphatic carboxylic acids is 1. The quantitative estimate of drug-likeness (QED) is 0.348. The fourth-order valence-corrected chi connectivity index (χ4v) is 6.09. The molecule has 1 aromatic carbocycles. The first-order valence-electron chi connectivity index (χ1n) is 12.4. The van der Waals surface area contributed by atoms with Crippen LogP contribution in [0.4, 0.5) is 0 Å². The van der Waals surface area contributed by atoms with Crippen LogP contribution in [0.25, 0.3) is 10.9 Å². The molecular formula is C28H35N3O3S. The summed E-state index contributed by atoms with van der Waals surface area (Å²) in [5.74, 6) is 1.15. The molecule has 186 valence electrons. The number of benzene rings is 1. The summed E-state index contributed by atoms with van der Waals surface area (Å²) >= 11 is 1.78. The molecule has 1 N–H and O–H groups in total. The lowest BCUT2D eigenvalue weighted by Crippen LogP contribution is -2.42. The van der Waals surface area contributed by atoms with Crippen molar-refractivity contribution in [2.75, 3.05) is 32.5 Å². The Kier molecular flexibility index (Phi) is 8.63. The van der Waals surface area contributed by atoms with E-state index >= 15 is 0 Å². The van der Waals surface area contributed by atoms with Gasteiger partial charge >= 0.3 is 5.97 Å². The van der Waals surface area contributed by atoms with Gasteiger partial charge in [-0.15, -0.1) is 11.8 Å². The molecule has 1 fully saturated rings. The average Bonchev–Trinajstić information content (AvgIpc) is 2.86. The molecule has 7 heteroatoms. The monoisotopic (exact) mass is 493 g/mol. The Bertz CT molecular complexity index is 1130. The van der Waals surface area contributed by atoms with Gasteiger partial charge in [-0.05, 0) is 99.0 Å². The van der Waals surface area contributed by atoms with E-state index in [1.54, 1.807) is 18.9 Å². The number of carboxylic acid groups (broad SMARTS) is 1. The lowest BCUT2D eigenvalue weighted by atomic mass is 9.72. The number of pyridine rings is 2. The molecule has 3 aromatic rings. The predicted molar refractivity (Wildman–Crippen MR) is 141 cm³/mol. The topological polar surface area (TPSA) is 75.6 Å². The van der Waals surface area contributed by atoms with E-state index in [1.807, 2.05) is 42.7 Å². The predicted octanol–water partition coefficient (Wildman–Crippen LogP) is 5.62. The van der Waals surface area contributed by atoms with Crippen molar-refractivity contribution in [2.24, 2.45) is 5.41 Å². The van der Waals surface area contributed by atoms with Gasteiger partial charge in [0.1, 0.15) is 5.75 Å². The minimum atomic E-state index is -0.681. The van der Waals surface area contributed by atoms with Crippen molar-refractivity contribution in [3.8, 4) is 5.75 Å². The van der Waals surface area contributed by atoms with Crippen LogP contribution in [0.15, 0.2) is 53.8 Å². The molecule has 0 unspecified atom stereocenters. The molecule has 6 nitrogen and oxygen atoms in total. The molecule has 1 saturated heterocycles. The number of carboxylic acids is 1. The molecule has 35 heavy (non-hydrogen) atoms. The van der Waals surface area contributed by atoms with Gasteiger partial charge in [-0.3, -0.25) is 9.78 Å². The molecule has 2 aromatic heterocycles. The fourth-order valence-electron chi connectivity index (χ4n) is 5.22. The van der Waals surface area contributed by atoms with Crippen molar-refractivity contribution < 1.29 is 14.6 Å². The number of hydrogen-bond donors (Lipinski definition) is 1. The number of ether oxygens (including phenoxy) is 1. The molecule has 3 heterocycles. The van der Waals surface area contributed by atoms with Crippen LogP contribution in [0.5, 0.6) is 5.75 Å². The summed E-state index contributed by atoms with van der Waals surface area (Å²) in [5, 5.41) is 11.9. The number of piperidine rings is 1. The zero-order valence-electron chi connectivity index (χ0n) is 20.7. The van der Waals surface area contributed by atoms with Gasteiger partial charge < -0.3 is 14.7 Å². The minimum absolute atomic E-state index is 0.120. The number of thioether (sulfide) groups is 1. The van der Waals surface area contributed by atoms with Gasteiger partial charge in [0, 0.05) is 30.1 Å². The molecule has 0 spiro atoms. The van der Waals surface area contributed by atoms with E-state index in [2.05, 4.69) is 27.9 Å². The van der Waals surface area contributed by atoms with Crippen LogP contribution in [0.3, 0.4) is 0 Å². The number of fused-ring (bicyclic) bond motifs is 1. The summed E-state index contributed by atoms with van der Waals surface area (Å²) in [5.41, 5.74) is 3.33. The van der Waals surface area contributed by atoms with Gasteiger partial charge in [0.15, 0.2) is 0 Å². The van der Waals surface area contributed by atoms with Crippen molar-refractivity contribution in [2.45, 2.75) is 50.5 Å². The van der Waals surface area contributed by atoms with Crippen LogP contribution in [0.1, 0.15) is 43.2 Å². The summed E-state index contributed by atoms with van der Waals surface area (Å²) in [6, 6.07) is 12.0. The Morgan fingerprint density at radius 2 is 2.03 bits per heavy atom. The Balaban J connectivity index is 1.35. The lowest BCUT2D eigenvalue weighted by molar-refractivity contribution is -0.140. The molecule has 0 radical (unpaired) electrons. The average molecular weight is 494 g/mol. The van der Waals surface area contributed by atoms with Gasteiger partial charge in [-0.25, -0.2) is 4.98 Å². The largest absolute Gasteiger partial charge is 0.497 e. The number of nitrogens with zero attached hydrogens (tertiary/aromatic N) is 3. The van der Waals surface area contributed by atoms with E-state index in [1.165, 1.54) is 11.1 Å². The molecule has 4 rings (SSSR count). The van der Waals surface area contributed by atoms with Crippen LogP contribution < -0.4 is 4.74 Å². The zero-order valence-corrected chi connectivity index (χ0v) is 21.5. The van der Waals surface area contributed by atoms with Crippen molar-refractivity contribution >= 4 is 28.6 Å². The maximum atomic E-state index is 11.8. The number of aromatic nitrogens is 2. The maximum Gasteiger partial charge on any atom is 0.303 e. The highest BCUT2D eigenvalue weighted by atomic mass is 32.2. The molecule has 0 saturated carbocycles. The molecule has 0 atom stereocenters. The Morgan fingerprint density at radius 3 is 2.74 bits per heavy atom. The van der Waals surface area contributed by atoms with Crippen molar-refractivity contribution in [1.82, 2.24) is 14.9 Å². The van der Waals surface area contributed by atoms with Crippen molar-refractivity contribution in [3.05, 3.63) is 59.9 Å². The number of rotatable bonds is 11. The van der Waals surface area contributed by atoms with E-state index in [-0.39, 0.29) is 11.8 Å². The highest BCUT2D eigenvalue weighted by Crippen LogP contribution is 2.40. The van der Waals surface area contributed by atoms with Crippen molar-refractivity contribution in [1.29, 1.82) is 0 Å². The first-order chi connectivity index (χ1) is 17.0. The second kappa shape index (κ2) is 11.9. The van der Waals surface area contributed by atoms with Gasteiger partial charge in [0.2, 0.25) is 0 Å². The summed E-state index contributed by atoms with van der Waals surface area (Å²) in [6.45, 7) is 5.04. The fraction of sp³-hybridized carbons (Fsp3) is 0.464. The highest BCUT2D eigenvalue weighted by molar-refractivity contribution is 7.99. The Hall–Kier alpha value is -2.64. The second-order valence-electron chi connectivity index (χ2n) is 9.58. The third kappa shape index (κ3) is 6.73. The number of likely N-dealkylation sites (tertiary alicyclic amines) is 1. The molecule has 1 aliphatic rings. The van der Waals surface area contributed by atoms with E-state index < -0.39 is 5.97 Å². The van der Waals surface area contributed by atoms with Crippen LogP contribution in [0.2, 0.25) is 0 Å². The van der Waals surface area contributed by atoms with Gasteiger partial charge in [-0.1, -0.05) is 6.07 Å². The van der Waals surface area contributed by atoms with E-state index in [4.69, 9.17) is 4.74 Å². The highest BCUT2D eigenvalue weighted by Gasteiger charge is 2.36. The number of aryl methyl sites for hydroxylation is 2. The first-order valence-corrected chi connectivity index (χ1v) is 13.4. The smallest absolute Gasteiger partial charge is 0.303 e. The summed E-state index contributed by atoms with van der Waals surface area (Å²) < 4.78 is 5.44. The molecular weight excluding hydrogens is 458 g/mol. The lowest BCUT2D eigenvalue weighted by Gasteiger charge is -2.41. The van der Waals surface area contributed by atoms with Crippen molar-refractivity contribution in [3.63, 3.8) is 0 Å². The van der Waals surface area contributed by atoms with Gasteiger partial charge in [-0.2, -0.15) is 0 Å². The Morgan fingerprint density at radius 1 is 1.20 bits per heavy atom. The normalized spacial score (nSPS) is 15.8. The number of carbonyl (C=O) groups is 1. The third-order valence-corrected chi connectivity index (χ3v) is 8.20. The molecule has 0 aliphatic carbocycles. The standard InChI is InChI=1S/C28H35N3O3S/c1-21-20-30-25-9-8-22(34-2)18-24(25)23(21)6-5-10-28(19-27(32)33)11-14-31(15-12-28)16-17-35-26-7-3-4-13-29-26/h3-4,7-9,13,18,20H,5-6,10-12,14-17,19H2,1-2H3,(H,32,33). The first kappa shape index (κ1) is 25.5. The molecule has 0 amide bonds. The number of hydrogen-bond acceptors (Lipinski definition) is 6. The SMILES string of the molecule is COc1ccc2ncc(C)c(CCCC3(CC(=O)O)CCN(CCSc4ccccn4)CC3)c2c1. The molecule has 0 bridgehead atoms. The van der Waals surface area contributed by atoms with Gasteiger partial charge in [0.25, 0.3) is 0 Å². The van der Waals surface area contributed by atoms with Crippen LogP contribution >= 0.6 is 11.8 Å². The number of methoxy groups -OCH3 is 1. The van der Waals surface area contributed by atoms with Crippen LogP contribution in [-0.4, -0.2) is 58.4 Å². The van der Waals surface area contributed by atoms with Crippen LogP contribution in [0, 0.1) is 12.3 Å². The van der Waals surface area contributed by atoms with E-state index in [0.717, 1.165) is 79.2 Å². The Labute approximate surface area is 212 Å². The van der Waals surface area contributed by atoms with Gasteiger partial charge in [0.05, 0.1) is 24.1 Å². The van der Waals surface area contributed by atoms with E-state index in [0.29, 0.717) is 0 Å². The minimum Gasteiger partial charge on any atom is -0.497 e. The zero-order chi connectivity index (χ0) is 24.7. The molecule has 1 aliphatic heterocycles. The summed E-state index contributed by atoms with van der Waals surface area (Å²) in [6.07, 6.45) is 8.74. The maximum absolute atomic E-state index is 11.8. The summed E-state index contributed by atoms with van der Waals surface area (Å²) in [4.78, 5) is 23.2. The van der Waals surface area contributed by atoms with E-state index in [9.17, 15) is 9.90 Å². The summed E-state index contributed by atoms with van der Waals surface area (Å²) in [7, 11) is 1.68. The van der Waals surface area contributed by atoms with Crippen LogP contribution in [-0.2, 0) is 11.2 Å². The third-order valence-electron chi connectivity index (χ3n) is 7.27. The second-order valence-corrected chi connectivity index (χ2v) is 10.7.